The molecule has 6 heteroatoms. The molecule has 3 rings (SSSR count). The van der Waals surface area contributed by atoms with E-state index >= 15 is 0 Å². The molecule has 1 aliphatic rings. The van der Waals surface area contributed by atoms with Crippen molar-refractivity contribution in [1.82, 2.24) is 14.4 Å². The lowest BCUT2D eigenvalue weighted by Crippen LogP contribution is -2.48. The molecule has 0 spiro atoms. The number of rotatable bonds is 10. The Morgan fingerprint density at radius 1 is 1.06 bits per heavy atom. The topological polar surface area (TPSA) is 54.8 Å². The lowest BCUT2D eigenvalue weighted by atomic mass is 9.98. The summed E-state index contributed by atoms with van der Waals surface area (Å²) in [4.78, 5) is 29.9. The molecular formula is C25H35N3O3. The molecule has 2 heterocycles. The van der Waals surface area contributed by atoms with Crippen LogP contribution in [0.5, 0.6) is 5.75 Å². The minimum atomic E-state index is -0.230. The van der Waals surface area contributed by atoms with E-state index in [-0.39, 0.29) is 24.4 Å². The van der Waals surface area contributed by atoms with Crippen LogP contribution in [0.15, 0.2) is 42.6 Å². The molecule has 1 atom stereocenters. The zero-order valence-corrected chi connectivity index (χ0v) is 19.0. The van der Waals surface area contributed by atoms with E-state index in [1.165, 1.54) is 0 Å². The number of fused-ring (bicyclic) bond motifs is 1. The van der Waals surface area contributed by atoms with Crippen molar-refractivity contribution in [2.24, 2.45) is 0 Å². The standard InChI is InChI=1S/C25H35N3O3/c1-4-6-7-14-23(29)27(15-5-2)19-24(30)28-18-17-26-16-10-12-21(26)25(28)20-11-8-9-13-22(20)31-3/h8-13,16,25H,4-7,14-15,17-19H2,1-3H3. The van der Waals surface area contributed by atoms with Gasteiger partial charge in [-0.3, -0.25) is 9.59 Å². The van der Waals surface area contributed by atoms with Crippen LogP contribution in [0, 0.1) is 0 Å². The van der Waals surface area contributed by atoms with Crippen LogP contribution in [0.2, 0.25) is 0 Å². The molecule has 1 aromatic carbocycles. The monoisotopic (exact) mass is 425 g/mol. The van der Waals surface area contributed by atoms with Crippen LogP contribution in [0.25, 0.3) is 0 Å². The van der Waals surface area contributed by atoms with E-state index < -0.39 is 0 Å². The third kappa shape index (κ3) is 5.30. The van der Waals surface area contributed by atoms with Gasteiger partial charge in [-0.15, -0.1) is 0 Å². The highest BCUT2D eigenvalue weighted by Crippen LogP contribution is 2.37. The van der Waals surface area contributed by atoms with Crippen LogP contribution in [-0.4, -0.2) is 52.9 Å². The van der Waals surface area contributed by atoms with Gasteiger partial charge in [-0.2, -0.15) is 0 Å². The van der Waals surface area contributed by atoms with Crippen LogP contribution in [0.1, 0.15) is 63.3 Å². The zero-order valence-electron chi connectivity index (χ0n) is 19.0. The highest BCUT2D eigenvalue weighted by atomic mass is 16.5. The third-order valence-electron chi connectivity index (χ3n) is 5.96. The van der Waals surface area contributed by atoms with Crippen molar-refractivity contribution in [2.45, 2.75) is 58.5 Å². The maximum Gasteiger partial charge on any atom is 0.243 e. The Morgan fingerprint density at radius 2 is 1.87 bits per heavy atom. The fourth-order valence-corrected chi connectivity index (χ4v) is 4.37. The van der Waals surface area contributed by atoms with Crippen molar-refractivity contribution >= 4 is 11.8 Å². The molecule has 0 fully saturated rings. The molecule has 0 saturated carbocycles. The first kappa shape index (κ1) is 22.9. The smallest absolute Gasteiger partial charge is 0.243 e. The number of benzene rings is 1. The Balaban J connectivity index is 1.85. The summed E-state index contributed by atoms with van der Waals surface area (Å²) in [5.74, 6) is 0.833. The Morgan fingerprint density at radius 3 is 2.61 bits per heavy atom. The fraction of sp³-hybridized carbons (Fsp3) is 0.520. The fourth-order valence-electron chi connectivity index (χ4n) is 4.37. The molecule has 2 aromatic rings. The van der Waals surface area contributed by atoms with E-state index in [9.17, 15) is 9.59 Å². The number of ether oxygens (including phenoxy) is 1. The lowest BCUT2D eigenvalue weighted by Gasteiger charge is -2.39. The molecule has 0 saturated heterocycles. The van der Waals surface area contributed by atoms with E-state index in [0.717, 1.165) is 49.2 Å². The Bertz CT molecular complexity index is 876. The molecule has 6 nitrogen and oxygen atoms in total. The van der Waals surface area contributed by atoms with E-state index in [1.807, 2.05) is 42.2 Å². The van der Waals surface area contributed by atoms with Gasteiger partial charge >= 0.3 is 0 Å². The van der Waals surface area contributed by atoms with Gasteiger partial charge < -0.3 is 19.1 Å². The number of aromatic nitrogens is 1. The van der Waals surface area contributed by atoms with Crippen molar-refractivity contribution in [2.75, 3.05) is 26.7 Å². The third-order valence-corrected chi connectivity index (χ3v) is 5.96. The highest BCUT2D eigenvalue weighted by Gasteiger charge is 2.34. The molecule has 0 radical (unpaired) electrons. The Labute approximate surface area is 185 Å². The van der Waals surface area contributed by atoms with Gasteiger partial charge in [-0.25, -0.2) is 0 Å². The van der Waals surface area contributed by atoms with Crippen LogP contribution in [0.3, 0.4) is 0 Å². The summed E-state index contributed by atoms with van der Waals surface area (Å²) >= 11 is 0. The largest absolute Gasteiger partial charge is 0.496 e. The summed E-state index contributed by atoms with van der Waals surface area (Å²) in [7, 11) is 1.66. The average Bonchev–Trinajstić information content (AvgIpc) is 3.27. The first-order valence-corrected chi connectivity index (χ1v) is 11.5. The van der Waals surface area contributed by atoms with Gasteiger partial charge in [0.05, 0.1) is 13.7 Å². The van der Waals surface area contributed by atoms with Gasteiger partial charge in [-0.05, 0) is 31.0 Å². The molecule has 0 bridgehead atoms. The van der Waals surface area contributed by atoms with Crippen molar-refractivity contribution in [3.63, 3.8) is 0 Å². The summed E-state index contributed by atoms with van der Waals surface area (Å²) in [6.07, 6.45) is 6.41. The first-order chi connectivity index (χ1) is 15.1. The van der Waals surface area contributed by atoms with Crippen molar-refractivity contribution in [3.05, 3.63) is 53.9 Å². The first-order valence-electron chi connectivity index (χ1n) is 11.5. The minimum absolute atomic E-state index is 0.0133. The van der Waals surface area contributed by atoms with Crippen molar-refractivity contribution < 1.29 is 14.3 Å². The molecule has 31 heavy (non-hydrogen) atoms. The predicted octanol–water partition coefficient (Wildman–Crippen LogP) is 4.25. The Hall–Kier alpha value is -2.76. The summed E-state index contributed by atoms with van der Waals surface area (Å²) in [5, 5.41) is 0. The van der Waals surface area contributed by atoms with E-state index in [4.69, 9.17) is 4.74 Å². The van der Waals surface area contributed by atoms with Crippen LogP contribution >= 0.6 is 0 Å². The molecule has 0 N–H and O–H groups in total. The number of amides is 2. The van der Waals surface area contributed by atoms with Gasteiger partial charge in [-0.1, -0.05) is 44.9 Å². The summed E-state index contributed by atoms with van der Waals surface area (Å²) in [6, 6.07) is 11.7. The summed E-state index contributed by atoms with van der Waals surface area (Å²) in [6.45, 7) is 6.26. The summed E-state index contributed by atoms with van der Waals surface area (Å²) in [5.41, 5.74) is 2.04. The van der Waals surface area contributed by atoms with Crippen LogP contribution in [-0.2, 0) is 16.1 Å². The zero-order chi connectivity index (χ0) is 22.2. The average molecular weight is 426 g/mol. The number of hydrogen-bond donors (Lipinski definition) is 0. The number of unbranched alkanes of at least 4 members (excludes halogenated alkanes) is 2. The minimum Gasteiger partial charge on any atom is -0.496 e. The number of methoxy groups -OCH3 is 1. The second-order valence-electron chi connectivity index (χ2n) is 8.13. The number of carbonyl (C=O) groups excluding carboxylic acids is 2. The molecule has 1 aromatic heterocycles. The van der Waals surface area contributed by atoms with Crippen molar-refractivity contribution in [3.8, 4) is 5.75 Å². The highest BCUT2D eigenvalue weighted by molar-refractivity contribution is 5.85. The maximum absolute atomic E-state index is 13.5. The molecule has 168 valence electrons. The molecule has 0 aliphatic carbocycles. The Kier molecular flexibility index (Phi) is 8.15. The second kappa shape index (κ2) is 11.0. The van der Waals surface area contributed by atoms with Crippen LogP contribution in [0.4, 0.5) is 0 Å². The van der Waals surface area contributed by atoms with E-state index in [2.05, 4.69) is 23.8 Å². The van der Waals surface area contributed by atoms with Crippen molar-refractivity contribution in [1.29, 1.82) is 0 Å². The molecule has 2 amide bonds. The van der Waals surface area contributed by atoms with E-state index in [1.54, 1.807) is 12.0 Å². The van der Waals surface area contributed by atoms with Gasteiger partial charge in [0.1, 0.15) is 11.8 Å². The number of carbonyl (C=O) groups is 2. The van der Waals surface area contributed by atoms with E-state index in [0.29, 0.717) is 19.5 Å². The van der Waals surface area contributed by atoms with Gasteiger partial charge in [0.2, 0.25) is 11.8 Å². The lowest BCUT2D eigenvalue weighted by molar-refractivity contribution is -0.142. The molecule has 1 unspecified atom stereocenters. The molecule has 1 aliphatic heterocycles. The van der Waals surface area contributed by atoms with Crippen LogP contribution < -0.4 is 4.74 Å². The van der Waals surface area contributed by atoms with Gasteiger partial charge in [0, 0.05) is 43.5 Å². The van der Waals surface area contributed by atoms with Gasteiger partial charge in [0.15, 0.2) is 0 Å². The SMILES string of the molecule is CCCCCC(=O)N(CCC)CC(=O)N1CCn2cccc2C1c1ccccc1OC. The second-order valence-corrected chi connectivity index (χ2v) is 8.13. The van der Waals surface area contributed by atoms with Gasteiger partial charge in [0.25, 0.3) is 0 Å². The number of hydrogen-bond acceptors (Lipinski definition) is 3. The maximum atomic E-state index is 13.5. The summed E-state index contributed by atoms with van der Waals surface area (Å²) < 4.78 is 7.81. The predicted molar refractivity (Wildman–Crippen MR) is 122 cm³/mol. The number of nitrogens with zero attached hydrogens (tertiary/aromatic N) is 3. The quantitative estimate of drug-likeness (QED) is 0.535. The number of para-hydroxylation sites is 1. The normalized spacial score (nSPS) is 15.5. The molecular weight excluding hydrogens is 390 g/mol.